The van der Waals surface area contributed by atoms with Crippen LogP contribution in [0.4, 0.5) is 0 Å². The van der Waals surface area contributed by atoms with Crippen molar-refractivity contribution in [2.24, 2.45) is 5.92 Å². The van der Waals surface area contributed by atoms with Crippen molar-refractivity contribution in [2.45, 2.75) is 33.1 Å². The molecule has 17 heavy (non-hydrogen) atoms. The van der Waals surface area contributed by atoms with E-state index in [-0.39, 0.29) is 5.92 Å². The molecule has 1 aromatic carbocycles. The fraction of sp³-hybridized carbons (Fsp3) is 0.462. The topological polar surface area (TPSA) is 54.5 Å². The molecule has 2 rings (SSSR count). The average Bonchev–Trinajstić information content (AvgIpc) is 2.82. The van der Waals surface area contributed by atoms with Gasteiger partial charge in [-0.3, -0.25) is 0 Å². The SMILES string of the molecule is CC(C)Cc1ccc(C(C)c2nn[nH]n2)cc1. The predicted molar refractivity (Wildman–Crippen MR) is 66.7 cm³/mol. The number of benzene rings is 1. The van der Waals surface area contributed by atoms with E-state index < -0.39 is 0 Å². The summed E-state index contributed by atoms with van der Waals surface area (Å²) in [5, 5.41) is 14.1. The van der Waals surface area contributed by atoms with Crippen LogP contribution in [0.1, 0.15) is 43.6 Å². The summed E-state index contributed by atoms with van der Waals surface area (Å²) < 4.78 is 0. The lowest BCUT2D eigenvalue weighted by atomic mass is 9.96. The molecule has 0 saturated carbocycles. The van der Waals surface area contributed by atoms with Gasteiger partial charge in [0.2, 0.25) is 0 Å². The molecule has 1 unspecified atom stereocenters. The second kappa shape index (κ2) is 5.08. The molecule has 0 aliphatic heterocycles. The van der Waals surface area contributed by atoms with Crippen molar-refractivity contribution in [1.82, 2.24) is 20.6 Å². The lowest BCUT2D eigenvalue weighted by Gasteiger charge is -2.09. The van der Waals surface area contributed by atoms with E-state index in [1.54, 1.807) is 0 Å². The number of nitrogens with one attached hydrogen (secondary N) is 1. The first kappa shape index (κ1) is 11.8. The highest BCUT2D eigenvalue weighted by Gasteiger charge is 2.12. The van der Waals surface area contributed by atoms with Crippen LogP contribution in [0.3, 0.4) is 0 Å². The van der Waals surface area contributed by atoms with Gasteiger partial charge in [-0.15, -0.1) is 10.2 Å². The Labute approximate surface area is 101 Å². The first-order chi connectivity index (χ1) is 8.16. The highest BCUT2D eigenvalue weighted by Crippen LogP contribution is 2.21. The van der Waals surface area contributed by atoms with Crippen LogP contribution in [-0.4, -0.2) is 20.6 Å². The fourth-order valence-electron chi connectivity index (χ4n) is 1.92. The fourth-order valence-corrected chi connectivity index (χ4v) is 1.92. The van der Waals surface area contributed by atoms with Gasteiger partial charge in [0, 0.05) is 5.92 Å². The zero-order valence-electron chi connectivity index (χ0n) is 10.5. The molecule has 2 aromatic rings. The lowest BCUT2D eigenvalue weighted by molar-refractivity contribution is 0.647. The van der Waals surface area contributed by atoms with Crippen molar-refractivity contribution in [3.05, 3.63) is 41.2 Å². The van der Waals surface area contributed by atoms with Crippen molar-refractivity contribution in [3.63, 3.8) is 0 Å². The number of hydrogen-bond acceptors (Lipinski definition) is 3. The molecule has 0 amide bonds. The van der Waals surface area contributed by atoms with Crippen molar-refractivity contribution in [1.29, 1.82) is 0 Å². The van der Waals surface area contributed by atoms with Crippen LogP contribution in [-0.2, 0) is 6.42 Å². The Balaban J connectivity index is 2.12. The van der Waals surface area contributed by atoms with Gasteiger partial charge in [-0.05, 0) is 23.5 Å². The van der Waals surface area contributed by atoms with Crippen LogP contribution in [0.2, 0.25) is 0 Å². The Morgan fingerprint density at radius 2 is 1.82 bits per heavy atom. The summed E-state index contributed by atoms with van der Waals surface area (Å²) in [6.45, 7) is 6.55. The minimum Gasteiger partial charge on any atom is -0.177 e. The molecule has 1 N–H and O–H groups in total. The van der Waals surface area contributed by atoms with E-state index in [4.69, 9.17) is 0 Å². The Morgan fingerprint density at radius 3 is 2.35 bits per heavy atom. The van der Waals surface area contributed by atoms with E-state index in [2.05, 4.69) is 65.7 Å². The van der Waals surface area contributed by atoms with Gasteiger partial charge in [-0.1, -0.05) is 50.3 Å². The third kappa shape index (κ3) is 2.90. The quantitative estimate of drug-likeness (QED) is 0.878. The van der Waals surface area contributed by atoms with Gasteiger partial charge in [0.15, 0.2) is 5.82 Å². The summed E-state index contributed by atoms with van der Waals surface area (Å²) >= 11 is 0. The van der Waals surface area contributed by atoms with Gasteiger partial charge >= 0.3 is 0 Å². The van der Waals surface area contributed by atoms with E-state index in [9.17, 15) is 0 Å². The van der Waals surface area contributed by atoms with Gasteiger partial charge in [-0.25, -0.2) is 0 Å². The molecule has 0 bridgehead atoms. The van der Waals surface area contributed by atoms with Crippen molar-refractivity contribution >= 4 is 0 Å². The first-order valence-corrected chi connectivity index (χ1v) is 5.99. The minimum absolute atomic E-state index is 0.182. The number of rotatable bonds is 4. The maximum atomic E-state index is 4.02. The number of hydrogen-bond donors (Lipinski definition) is 1. The summed E-state index contributed by atoms with van der Waals surface area (Å²) in [6.07, 6.45) is 1.12. The molecule has 0 radical (unpaired) electrons. The van der Waals surface area contributed by atoms with E-state index in [0.717, 1.165) is 12.2 Å². The van der Waals surface area contributed by atoms with Gasteiger partial charge < -0.3 is 0 Å². The van der Waals surface area contributed by atoms with Crippen LogP contribution < -0.4 is 0 Å². The van der Waals surface area contributed by atoms with Gasteiger partial charge in [-0.2, -0.15) is 5.21 Å². The van der Waals surface area contributed by atoms with Gasteiger partial charge in [0.05, 0.1) is 0 Å². The molecule has 0 fully saturated rings. The lowest BCUT2D eigenvalue weighted by Crippen LogP contribution is -2.00. The Bertz CT molecular complexity index is 445. The number of aromatic amines is 1. The molecule has 0 spiro atoms. The first-order valence-electron chi connectivity index (χ1n) is 5.99. The number of nitrogens with zero attached hydrogens (tertiary/aromatic N) is 3. The third-order valence-corrected chi connectivity index (χ3v) is 2.87. The summed E-state index contributed by atoms with van der Waals surface area (Å²) in [6, 6.07) is 8.68. The van der Waals surface area contributed by atoms with E-state index in [1.807, 2.05) is 0 Å². The average molecular weight is 230 g/mol. The molecule has 4 nitrogen and oxygen atoms in total. The zero-order chi connectivity index (χ0) is 12.3. The van der Waals surface area contributed by atoms with E-state index >= 15 is 0 Å². The molecule has 90 valence electrons. The Morgan fingerprint density at radius 1 is 1.12 bits per heavy atom. The standard InChI is InChI=1S/C13H18N4/c1-9(2)8-11-4-6-12(7-5-11)10(3)13-14-16-17-15-13/h4-7,9-10H,8H2,1-3H3,(H,14,15,16,17). The second-order valence-electron chi connectivity index (χ2n) is 4.83. The number of aromatic nitrogens is 4. The smallest absolute Gasteiger partial charge is 0.177 e. The molecule has 1 aromatic heterocycles. The van der Waals surface area contributed by atoms with Crippen LogP contribution in [0.5, 0.6) is 0 Å². The molecule has 1 atom stereocenters. The Kier molecular flexibility index (Phi) is 3.52. The monoisotopic (exact) mass is 230 g/mol. The molecule has 0 saturated heterocycles. The van der Waals surface area contributed by atoms with Crippen molar-refractivity contribution in [2.75, 3.05) is 0 Å². The zero-order valence-corrected chi connectivity index (χ0v) is 10.5. The van der Waals surface area contributed by atoms with Crippen LogP contribution in [0.25, 0.3) is 0 Å². The maximum absolute atomic E-state index is 4.02. The summed E-state index contributed by atoms with van der Waals surface area (Å²) in [5.41, 5.74) is 2.60. The minimum atomic E-state index is 0.182. The molecule has 0 aliphatic rings. The molecule has 4 heteroatoms. The normalized spacial score (nSPS) is 12.9. The summed E-state index contributed by atoms with van der Waals surface area (Å²) in [7, 11) is 0. The van der Waals surface area contributed by atoms with Gasteiger partial charge in [0.1, 0.15) is 0 Å². The number of H-pyrrole nitrogens is 1. The maximum Gasteiger partial charge on any atom is 0.181 e. The van der Waals surface area contributed by atoms with E-state index in [0.29, 0.717) is 5.92 Å². The van der Waals surface area contributed by atoms with E-state index in [1.165, 1.54) is 11.1 Å². The second-order valence-corrected chi connectivity index (χ2v) is 4.83. The molecular formula is C13H18N4. The number of tetrazole rings is 1. The molecule has 1 heterocycles. The third-order valence-electron chi connectivity index (χ3n) is 2.87. The van der Waals surface area contributed by atoms with Crippen LogP contribution in [0, 0.1) is 5.92 Å². The molecular weight excluding hydrogens is 212 g/mol. The Hall–Kier alpha value is -1.71. The molecule has 0 aliphatic carbocycles. The van der Waals surface area contributed by atoms with Crippen LogP contribution in [0.15, 0.2) is 24.3 Å². The van der Waals surface area contributed by atoms with Gasteiger partial charge in [0.25, 0.3) is 0 Å². The highest BCUT2D eigenvalue weighted by atomic mass is 15.5. The highest BCUT2D eigenvalue weighted by molar-refractivity contribution is 5.28. The predicted octanol–water partition coefficient (Wildman–Crippen LogP) is 2.55. The van der Waals surface area contributed by atoms with Crippen LogP contribution >= 0.6 is 0 Å². The largest absolute Gasteiger partial charge is 0.181 e. The van der Waals surface area contributed by atoms with Crippen molar-refractivity contribution < 1.29 is 0 Å². The summed E-state index contributed by atoms with van der Waals surface area (Å²) in [5.74, 6) is 1.61. The van der Waals surface area contributed by atoms with Crippen molar-refractivity contribution in [3.8, 4) is 0 Å². The summed E-state index contributed by atoms with van der Waals surface area (Å²) in [4.78, 5) is 0.